The molecule has 4 nitrogen and oxygen atoms in total. The van der Waals surface area contributed by atoms with Crippen molar-refractivity contribution in [1.82, 2.24) is 10.1 Å². The predicted molar refractivity (Wildman–Crippen MR) is 76.0 cm³/mol. The zero-order chi connectivity index (χ0) is 14.7. The second-order valence-corrected chi connectivity index (χ2v) is 5.31. The lowest BCUT2D eigenvalue weighted by Gasteiger charge is -2.26. The van der Waals surface area contributed by atoms with Crippen LogP contribution in [0.25, 0.3) is 11.3 Å². The molecular weight excluding hydrogens is 271 g/mol. The van der Waals surface area contributed by atoms with Crippen LogP contribution in [0.15, 0.2) is 34.9 Å². The molecule has 0 bridgehead atoms. The summed E-state index contributed by atoms with van der Waals surface area (Å²) >= 11 is 0. The van der Waals surface area contributed by atoms with Crippen LogP contribution < -0.4 is 0 Å². The summed E-state index contributed by atoms with van der Waals surface area (Å²) in [5.41, 5.74) is 1.37. The first kappa shape index (κ1) is 13.8. The van der Waals surface area contributed by atoms with E-state index in [9.17, 15) is 9.18 Å². The van der Waals surface area contributed by atoms with E-state index in [0.717, 1.165) is 31.5 Å². The topological polar surface area (TPSA) is 46.3 Å². The average Bonchev–Trinajstić information content (AvgIpc) is 2.97. The molecule has 1 saturated heterocycles. The first-order valence-corrected chi connectivity index (χ1v) is 7.22. The number of halogens is 1. The number of amides is 1. The Bertz CT molecular complexity index is 615. The first-order valence-electron chi connectivity index (χ1n) is 7.22. The maximum atomic E-state index is 12.9. The molecule has 2 aromatic rings. The van der Waals surface area contributed by atoms with Crippen LogP contribution in [0.5, 0.6) is 0 Å². The van der Waals surface area contributed by atoms with Gasteiger partial charge in [0, 0.05) is 24.7 Å². The van der Waals surface area contributed by atoms with Gasteiger partial charge in [0.15, 0.2) is 5.76 Å². The zero-order valence-corrected chi connectivity index (χ0v) is 11.7. The van der Waals surface area contributed by atoms with Crippen LogP contribution in [0.1, 0.15) is 25.0 Å². The van der Waals surface area contributed by atoms with Crippen LogP contribution in [0, 0.1) is 5.82 Å². The number of rotatable bonds is 3. The van der Waals surface area contributed by atoms with Crippen LogP contribution in [-0.2, 0) is 11.2 Å². The molecule has 1 amide bonds. The van der Waals surface area contributed by atoms with Crippen molar-refractivity contribution in [2.75, 3.05) is 13.1 Å². The number of aromatic nitrogens is 1. The molecule has 3 rings (SSSR count). The number of likely N-dealkylation sites (tertiary alicyclic amines) is 1. The molecule has 0 radical (unpaired) electrons. The minimum atomic E-state index is -0.293. The highest BCUT2D eigenvalue weighted by atomic mass is 19.1. The third-order valence-electron chi connectivity index (χ3n) is 3.73. The molecule has 21 heavy (non-hydrogen) atoms. The standard InChI is InChI=1S/C16H17FN2O2/c17-13-6-4-12(5-7-13)15-10-14(18-21-15)11-16(20)19-8-2-1-3-9-19/h4-7,10H,1-3,8-9,11H2. The summed E-state index contributed by atoms with van der Waals surface area (Å²) in [6.07, 6.45) is 3.60. The largest absolute Gasteiger partial charge is 0.356 e. The van der Waals surface area contributed by atoms with Gasteiger partial charge in [0.2, 0.25) is 5.91 Å². The molecule has 0 atom stereocenters. The Morgan fingerprint density at radius 3 is 2.62 bits per heavy atom. The highest BCUT2D eigenvalue weighted by molar-refractivity contribution is 5.78. The molecule has 1 aliphatic heterocycles. The Kier molecular flexibility index (Phi) is 3.99. The zero-order valence-electron chi connectivity index (χ0n) is 11.7. The Hall–Kier alpha value is -2.17. The Labute approximate surface area is 122 Å². The lowest BCUT2D eigenvalue weighted by atomic mass is 10.1. The van der Waals surface area contributed by atoms with Crippen LogP contribution >= 0.6 is 0 Å². The summed E-state index contributed by atoms with van der Waals surface area (Å²) in [7, 11) is 0. The maximum Gasteiger partial charge on any atom is 0.228 e. The minimum Gasteiger partial charge on any atom is -0.356 e. The first-order chi connectivity index (χ1) is 10.2. The van der Waals surface area contributed by atoms with Crippen molar-refractivity contribution in [2.24, 2.45) is 0 Å². The Morgan fingerprint density at radius 2 is 1.90 bits per heavy atom. The van der Waals surface area contributed by atoms with Gasteiger partial charge in [0.1, 0.15) is 5.82 Å². The molecule has 1 fully saturated rings. The van der Waals surface area contributed by atoms with Gasteiger partial charge in [-0.15, -0.1) is 0 Å². The van der Waals surface area contributed by atoms with E-state index in [1.165, 1.54) is 18.6 Å². The number of carbonyl (C=O) groups is 1. The fourth-order valence-corrected chi connectivity index (χ4v) is 2.56. The van der Waals surface area contributed by atoms with Gasteiger partial charge in [-0.1, -0.05) is 5.16 Å². The van der Waals surface area contributed by atoms with E-state index in [0.29, 0.717) is 11.5 Å². The van der Waals surface area contributed by atoms with Gasteiger partial charge in [0.25, 0.3) is 0 Å². The third kappa shape index (κ3) is 3.29. The Balaban J connectivity index is 1.67. The van der Waals surface area contributed by atoms with Crippen molar-refractivity contribution in [1.29, 1.82) is 0 Å². The number of carbonyl (C=O) groups excluding carboxylic acids is 1. The third-order valence-corrected chi connectivity index (χ3v) is 3.73. The molecule has 0 spiro atoms. The summed E-state index contributed by atoms with van der Waals surface area (Å²) in [6.45, 7) is 1.67. The summed E-state index contributed by atoms with van der Waals surface area (Å²) in [6, 6.07) is 7.75. The monoisotopic (exact) mass is 288 g/mol. The van der Waals surface area contributed by atoms with Crippen LogP contribution in [-0.4, -0.2) is 29.1 Å². The van der Waals surface area contributed by atoms with Crippen LogP contribution in [0.3, 0.4) is 0 Å². The maximum absolute atomic E-state index is 12.9. The summed E-state index contributed by atoms with van der Waals surface area (Å²) in [5.74, 6) is 0.351. The summed E-state index contributed by atoms with van der Waals surface area (Å²) < 4.78 is 18.1. The van der Waals surface area contributed by atoms with E-state index >= 15 is 0 Å². The van der Waals surface area contributed by atoms with Crippen molar-refractivity contribution in [3.8, 4) is 11.3 Å². The number of hydrogen-bond donors (Lipinski definition) is 0. The van der Waals surface area contributed by atoms with Gasteiger partial charge in [0.05, 0.1) is 12.1 Å². The second-order valence-electron chi connectivity index (χ2n) is 5.31. The lowest BCUT2D eigenvalue weighted by Crippen LogP contribution is -2.36. The molecule has 1 aromatic heterocycles. The van der Waals surface area contributed by atoms with E-state index in [4.69, 9.17) is 4.52 Å². The number of piperidine rings is 1. The molecule has 2 heterocycles. The van der Waals surface area contributed by atoms with E-state index in [2.05, 4.69) is 5.16 Å². The summed E-state index contributed by atoms with van der Waals surface area (Å²) in [4.78, 5) is 14.0. The molecule has 1 aliphatic rings. The molecule has 5 heteroatoms. The van der Waals surface area contributed by atoms with Crippen molar-refractivity contribution in [3.63, 3.8) is 0 Å². The smallest absolute Gasteiger partial charge is 0.228 e. The van der Waals surface area contributed by atoms with E-state index in [1.54, 1.807) is 18.2 Å². The molecule has 0 saturated carbocycles. The quantitative estimate of drug-likeness (QED) is 0.872. The van der Waals surface area contributed by atoms with Crippen molar-refractivity contribution < 1.29 is 13.7 Å². The predicted octanol–water partition coefficient (Wildman–Crippen LogP) is 3.04. The Morgan fingerprint density at radius 1 is 1.19 bits per heavy atom. The van der Waals surface area contributed by atoms with E-state index < -0.39 is 0 Å². The van der Waals surface area contributed by atoms with Crippen molar-refractivity contribution >= 4 is 5.91 Å². The number of benzene rings is 1. The fourth-order valence-electron chi connectivity index (χ4n) is 2.56. The average molecular weight is 288 g/mol. The van der Waals surface area contributed by atoms with Crippen LogP contribution in [0.4, 0.5) is 4.39 Å². The number of hydrogen-bond acceptors (Lipinski definition) is 3. The van der Waals surface area contributed by atoms with Gasteiger partial charge in [-0.3, -0.25) is 4.79 Å². The SMILES string of the molecule is O=C(Cc1cc(-c2ccc(F)cc2)on1)N1CCCCC1. The van der Waals surface area contributed by atoms with Crippen molar-refractivity contribution in [3.05, 3.63) is 41.8 Å². The van der Waals surface area contributed by atoms with Crippen LogP contribution in [0.2, 0.25) is 0 Å². The highest BCUT2D eigenvalue weighted by Gasteiger charge is 2.18. The highest BCUT2D eigenvalue weighted by Crippen LogP contribution is 2.21. The molecule has 0 aliphatic carbocycles. The minimum absolute atomic E-state index is 0.0913. The van der Waals surface area contributed by atoms with E-state index in [1.807, 2.05) is 4.90 Å². The molecule has 0 N–H and O–H groups in total. The van der Waals surface area contributed by atoms with Gasteiger partial charge in [-0.05, 0) is 43.5 Å². The lowest BCUT2D eigenvalue weighted by molar-refractivity contribution is -0.131. The molecule has 0 unspecified atom stereocenters. The van der Waals surface area contributed by atoms with Gasteiger partial charge < -0.3 is 9.42 Å². The second kappa shape index (κ2) is 6.08. The van der Waals surface area contributed by atoms with E-state index in [-0.39, 0.29) is 18.1 Å². The normalized spacial score (nSPS) is 15.2. The molecule has 110 valence electrons. The van der Waals surface area contributed by atoms with Gasteiger partial charge in [-0.25, -0.2) is 4.39 Å². The fraction of sp³-hybridized carbons (Fsp3) is 0.375. The number of nitrogens with zero attached hydrogens (tertiary/aromatic N) is 2. The van der Waals surface area contributed by atoms with Gasteiger partial charge >= 0.3 is 0 Å². The summed E-state index contributed by atoms with van der Waals surface area (Å²) in [5, 5.41) is 3.93. The van der Waals surface area contributed by atoms with Gasteiger partial charge in [-0.2, -0.15) is 0 Å². The van der Waals surface area contributed by atoms with Crippen molar-refractivity contribution in [2.45, 2.75) is 25.7 Å². The molecular formula is C16H17FN2O2. The molecule has 1 aromatic carbocycles.